The molecule has 1 N–H and O–H groups in total. The minimum absolute atomic E-state index is 0.0976. The lowest BCUT2D eigenvalue weighted by molar-refractivity contribution is -0.174. The largest absolute Gasteiger partial charge is 0.465 e. The highest BCUT2D eigenvalue weighted by Gasteiger charge is 2.28. The molecule has 0 saturated carbocycles. The number of halogens is 3. The third-order valence-corrected chi connectivity index (χ3v) is 3.06. The Morgan fingerprint density at radius 3 is 2.33 bits per heavy atom. The van der Waals surface area contributed by atoms with Crippen LogP contribution in [0.5, 0.6) is 0 Å². The van der Waals surface area contributed by atoms with Gasteiger partial charge in [0.25, 0.3) is 0 Å². The number of esters is 1. The number of alkyl halides is 3. The van der Waals surface area contributed by atoms with E-state index < -0.39 is 31.3 Å². The van der Waals surface area contributed by atoms with Crippen molar-refractivity contribution in [2.45, 2.75) is 6.18 Å². The van der Waals surface area contributed by atoms with Crippen LogP contribution in [-0.4, -0.2) is 38.4 Å². The molecule has 24 heavy (non-hydrogen) atoms. The maximum atomic E-state index is 12.0. The summed E-state index contributed by atoms with van der Waals surface area (Å²) in [4.78, 5) is 23.6. The molecule has 2 aromatic carbocycles. The van der Waals surface area contributed by atoms with Gasteiger partial charge in [-0.2, -0.15) is 13.2 Å². The van der Waals surface area contributed by atoms with Crippen molar-refractivity contribution in [2.24, 2.45) is 0 Å². The third-order valence-electron chi connectivity index (χ3n) is 3.06. The fraction of sp³-hybridized carbons (Fsp3) is 0.250. The first-order valence-electron chi connectivity index (χ1n) is 6.85. The van der Waals surface area contributed by atoms with Gasteiger partial charge in [-0.1, -0.05) is 24.3 Å². The molecule has 1 amide bonds. The minimum Gasteiger partial charge on any atom is -0.465 e. The summed E-state index contributed by atoms with van der Waals surface area (Å²) in [5.74, 6) is -1.48. The van der Waals surface area contributed by atoms with Gasteiger partial charge in [0.15, 0.2) is 0 Å². The Morgan fingerprint density at radius 2 is 1.75 bits per heavy atom. The van der Waals surface area contributed by atoms with Gasteiger partial charge in [0.2, 0.25) is 5.91 Å². The van der Waals surface area contributed by atoms with Crippen LogP contribution >= 0.6 is 0 Å². The topological polar surface area (TPSA) is 64.6 Å². The summed E-state index contributed by atoms with van der Waals surface area (Å²) < 4.78 is 45.0. The van der Waals surface area contributed by atoms with E-state index in [-0.39, 0.29) is 11.3 Å². The van der Waals surface area contributed by atoms with Crippen LogP contribution in [0.25, 0.3) is 10.8 Å². The zero-order chi connectivity index (χ0) is 17.7. The van der Waals surface area contributed by atoms with Crippen LogP contribution in [0.2, 0.25) is 0 Å². The molecule has 2 aromatic rings. The summed E-state index contributed by atoms with van der Waals surface area (Å²) in [6.07, 6.45) is -4.51. The van der Waals surface area contributed by atoms with E-state index in [1.807, 2.05) is 0 Å². The lowest BCUT2D eigenvalue weighted by Crippen LogP contribution is -2.24. The standard InChI is InChI=1S/C16H14F3NO4/c1-23-15(22)12-6-10-4-2-3-5-11(10)7-13(12)20-14(21)8-24-9-16(17,18)19/h2-7H,8-9H2,1H3,(H,20,21). The van der Waals surface area contributed by atoms with E-state index >= 15 is 0 Å². The molecular weight excluding hydrogens is 327 g/mol. The zero-order valence-corrected chi connectivity index (χ0v) is 12.6. The van der Waals surface area contributed by atoms with Crippen LogP contribution < -0.4 is 5.32 Å². The molecule has 2 rings (SSSR count). The van der Waals surface area contributed by atoms with Crippen molar-refractivity contribution in [2.75, 3.05) is 25.6 Å². The predicted molar refractivity (Wildman–Crippen MR) is 80.8 cm³/mol. The van der Waals surface area contributed by atoms with Gasteiger partial charge < -0.3 is 14.8 Å². The molecule has 0 saturated heterocycles. The molecule has 0 spiro atoms. The van der Waals surface area contributed by atoms with Crippen LogP contribution in [0.15, 0.2) is 36.4 Å². The lowest BCUT2D eigenvalue weighted by Gasteiger charge is -2.12. The number of carbonyl (C=O) groups excluding carboxylic acids is 2. The molecule has 128 valence electrons. The maximum Gasteiger partial charge on any atom is 0.411 e. The summed E-state index contributed by atoms with van der Waals surface area (Å²) in [6.45, 7) is -2.31. The van der Waals surface area contributed by atoms with Crippen molar-refractivity contribution >= 4 is 28.3 Å². The van der Waals surface area contributed by atoms with Crippen molar-refractivity contribution < 1.29 is 32.2 Å². The van der Waals surface area contributed by atoms with Gasteiger partial charge in [-0.3, -0.25) is 4.79 Å². The van der Waals surface area contributed by atoms with Crippen molar-refractivity contribution in [1.29, 1.82) is 0 Å². The summed E-state index contributed by atoms with van der Waals surface area (Å²) >= 11 is 0. The Labute approximate surface area is 135 Å². The average Bonchev–Trinajstić information content (AvgIpc) is 2.52. The number of nitrogens with one attached hydrogen (secondary N) is 1. The molecule has 5 nitrogen and oxygen atoms in total. The number of hydrogen-bond acceptors (Lipinski definition) is 4. The van der Waals surface area contributed by atoms with Crippen LogP contribution in [0.1, 0.15) is 10.4 Å². The Morgan fingerprint density at radius 1 is 1.12 bits per heavy atom. The predicted octanol–water partition coefficient (Wildman–Crippen LogP) is 3.14. The number of carbonyl (C=O) groups is 2. The van der Waals surface area contributed by atoms with Gasteiger partial charge in [0.05, 0.1) is 18.4 Å². The summed E-state index contributed by atoms with van der Waals surface area (Å²) in [5.41, 5.74) is 0.238. The van der Waals surface area contributed by atoms with E-state index in [2.05, 4.69) is 14.8 Å². The van der Waals surface area contributed by atoms with Crippen LogP contribution in [-0.2, 0) is 14.3 Å². The zero-order valence-electron chi connectivity index (χ0n) is 12.6. The average molecular weight is 341 g/mol. The van der Waals surface area contributed by atoms with E-state index in [1.165, 1.54) is 13.2 Å². The second kappa shape index (κ2) is 7.31. The molecule has 0 aliphatic heterocycles. The molecule has 0 aromatic heterocycles. The monoisotopic (exact) mass is 341 g/mol. The number of fused-ring (bicyclic) bond motifs is 1. The van der Waals surface area contributed by atoms with Gasteiger partial charge in [-0.25, -0.2) is 4.79 Å². The van der Waals surface area contributed by atoms with Crippen molar-refractivity contribution in [1.82, 2.24) is 0 Å². The summed E-state index contributed by atoms with van der Waals surface area (Å²) in [7, 11) is 1.19. The molecule has 0 aliphatic rings. The Hall–Kier alpha value is -2.61. The van der Waals surface area contributed by atoms with E-state index in [9.17, 15) is 22.8 Å². The highest BCUT2D eigenvalue weighted by Crippen LogP contribution is 2.25. The van der Waals surface area contributed by atoms with Gasteiger partial charge in [0, 0.05) is 0 Å². The maximum absolute atomic E-state index is 12.0. The van der Waals surface area contributed by atoms with Crippen molar-refractivity contribution in [3.63, 3.8) is 0 Å². The number of benzene rings is 2. The minimum atomic E-state index is -4.51. The van der Waals surface area contributed by atoms with Crippen LogP contribution in [0.4, 0.5) is 18.9 Å². The van der Waals surface area contributed by atoms with Crippen molar-refractivity contribution in [3.05, 3.63) is 42.0 Å². The van der Waals surface area contributed by atoms with E-state index in [1.54, 1.807) is 30.3 Å². The van der Waals surface area contributed by atoms with Crippen LogP contribution in [0.3, 0.4) is 0 Å². The van der Waals surface area contributed by atoms with Crippen molar-refractivity contribution in [3.8, 4) is 0 Å². The highest BCUT2D eigenvalue weighted by atomic mass is 19.4. The van der Waals surface area contributed by atoms with Gasteiger partial charge in [-0.15, -0.1) is 0 Å². The molecule has 0 aliphatic carbocycles. The van der Waals surface area contributed by atoms with Gasteiger partial charge in [-0.05, 0) is 22.9 Å². The van der Waals surface area contributed by atoms with Gasteiger partial charge >= 0.3 is 12.1 Å². The molecule has 8 heteroatoms. The molecule has 0 atom stereocenters. The molecular formula is C16H14F3NO4. The second-order valence-electron chi connectivity index (χ2n) is 4.89. The Bertz CT molecular complexity index is 759. The first kappa shape index (κ1) is 17.7. The molecule has 0 radical (unpaired) electrons. The summed E-state index contributed by atoms with van der Waals surface area (Å²) in [6, 6.07) is 10.2. The normalized spacial score (nSPS) is 11.3. The lowest BCUT2D eigenvalue weighted by atomic mass is 10.0. The summed E-state index contributed by atoms with van der Waals surface area (Å²) in [5, 5.41) is 3.87. The Kier molecular flexibility index (Phi) is 5.40. The second-order valence-corrected chi connectivity index (χ2v) is 4.89. The molecule has 0 heterocycles. The van der Waals surface area contributed by atoms with E-state index in [4.69, 9.17) is 0 Å². The Balaban J connectivity index is 2.20. The quantitative estimate of drug-likeness (QED) is 0.849. The number of anilines is 1. The first-order chi connectivity index (χ1) is 11.3. The molecule has 0 unspecified atom stereocenters. The number of amides is 1. The highest BCUT2D eigenvalue weighted by molar-refractivity contribution is 6.06. The number of hydrogen-bond donors (Lipinski definition) is 1. The van der Waals surface area contributed by atoms with Gasteiger partial charge in [0.1, 0.15) is 13.2 Å². The van der Waals surface area contributed by atoms with E-state index in [0.717, 1.165) is 10.8 Å². The SMILES string of the molecule is COC(=O)c1cc2ccccc2cc1NC(=O)COCC(F)(F)F. The van der Waals surface area contributed by atoms with Crippen LogP contribution in [0, 0.1) is 0 Å². The number of rotatable bonds is 5. The van der Waals surface area contributed by atoms with E-state index in [0.29, 0.717) is 0 Å². The fourth-order valence-electron chi connectivity index (χ4n) is 2.07. The fourth-order valence-corrected chi connectivity index (χ4v) is 2.07. The number of ether oxygens (including phenoxy) is 2. The first-order valence-corrected chi connectivity index (χ1v) is 6.85. The molecule has 0 bridgehead atoms. The molecule has 0 fully saturated rings. The smallest absolute Gasteiger partial charge is 0.411 e. The number of methoxy groups -OCH3 is 1. The third kappa shape index (κ3) is 4.69.